The van der Waals surface area contributed by atoms with Crippen molar-refractivity contribution in [1.82, 2.24) is 9.80 Å². The highest BCUT2D eigenvalue weighted by Crippen LogP contribution is 2.27. The van der Waals surface area contributed by atoms with Crippen LogP contribution in [-0.4, -0.2) is 66.9 Å². The number of hydrogen-bond acceptors (Lipinski definition) is 3. The summed E-state index contributed by atoms with van der Waals surface area (Å²) in [7, 11) is 1.89. The molecule has 2 aliphatic rings. The number of hydrogen-bond donors (Lipinski definition) is 1. The summed E-state index contributed by atoms with van der Waals surface area (Å²) in [6, 6.07) is 0.431. The van der Waals surface area contributed by atoms with Gasteiger partial charge in [0.05, 0.1) is 6.04 Å². The number of urea groups is 1. The SMILES string of the molecule is CN1C(=O)N(CCCO)CC1C1CCOCC1. The van der Waals surface area contributed by atoms with Crippen LogP contribution in [0.2, 0.25) is 0 Å². The molecule has 2 amide bonds. The largest absolute Gasteiger partial charge is 0.396 e. The Kier molecular flexibility index (Phi) is 4.23. The molecule has 2 saturated heterocycles. The number of rotatable bonds is 4. The number of ether oxygens (including phenoxy) is 1. The van der Waals surface area contributed by atoms with E-state index in [1.807, 2.05) is 16.8 Å². The molecule has 0 saturated carbocycles. The number of carbonyl (C=O) groups is 1. The standard InChI is InChI=1S/C12H22N2O3/c1-13-11(10-3-7-17-8-4-10)9-14(12(13)16)5-2-6-15/h10-11,15H,2-9H2,1H3. The lowest BCUT2D eigenvalue weighted by Crippen LogP contribution is -2.38. The van der Waals surface area contributed by atoms with E-state index >= 15 is 0 Å². The topological polar surface area (TPSA) is 53.0 Å². The van der Waals surface area contributed by atoms with Crippen molar-refractivity contribution in [1.29, 1.82) is 0 Å². The van der Waals surface area contributed by atoms with E-state index in [0.29, 0.717) is 24.9 Å². The van der Waals surface area contributed by atoms with Crippen molar-refractivity contribution in [2.45, 2.75) is 25.3 Å². The van der Waals surface area contributed by atoms with E-state index in [-0.39, 0.29) is 12.6 Å². The number of nitrogens with zero attached hydrogens (tertiary/aromatic N) is 2. The number of aliphatic hydroxyl groups is 1. The molecule has 0 radical (unpaired) electrons. The molecule has 0 aromatic carbocycles. The average Bonchev–Trinajstić information content (AvgIpc) is 2.65. The van der Waals surface area contributed by atoms with Crippen LogP contribution in [0.4, 0.5) is 4.79 Å². The van der Waals surface area contributed by atoms with Crippen LogP contribution in [0, 0.1) is 5.92 Å². The second-order valence-electron chi connectivity index (χ2n) is 4.93. The molecular weight excluding hydrogens is 220 g/mol. The summed E-state index contributed by atoms with van der Waals surface area (Å²) in [5.74, 6) is 0.567. The maximum absolute atomic E-state index is 12.0. The van der Waals surface area contributed by atoms with E-state index in [0.717, 1.165) is 32.6 Å². The second kappa shape index (κ2) is 5.69. The highest BCUT2D eigenvalue weighted by atomic mass is 16.5. The van der Waals surface area contributed by atoms with Gasteiger partial charge in [0.2, 0.25) is 0 Å². The minimum Gasteiger partial charge on any atom is -0.396 e. The summed E-state index contributed by atoms with van der Waals surface area (Å²) in [6.45, 7) is 3.26. The van der Waals surface area contributed by atoms with Crippen LogP contribution >= 0.6 is 0 Å². The molecule has 0 aromatic rings. The molecule has 17 heavy (non-hydrogen) atoms. The molecule has 0 aliphatic carbocycles. The third kappa shape index (κ3) is 2.72. The number of amides is 2. The van der Waals surface area contributed by atoms with E-state index in [2.05, 4.69) is 0 Å². The van der Waals surface area contributed by atoms with Gasteiger partial charge in [0, 0.05) is 40.0 Å². The Bertz CT molecular complexity index is 262. The van der Waals surface area contributed by atoms with Gasteiger partial charge < -0.3 is 19.6 Å². The van der Waals surface area contributed by atoms with Gasteiger partial charge in [0.25, 0.3) is 0 Å². The van der Waals surface area contributed by atoms with Crippen LogP contribution in [0.15, 0.2) is 0 Å². The molecule has 2 aliphatic heterocycles. The molecule has 1 unspecified atom stereocenters. The second-order valence-corrected chi connectivity index (χ2v) is 4.93. The molecule has 2 fully saturated rings. The first-order valence-electron chi connectivity index (χ1n) is 6.44. The summed E-state index contributed by atoms with van der Waals surface area (Å²) in [4.78, 5) is 15.7. The first-order valence-corrected chi connectivity index (χ1v) is 6.44. The van der Waals surface area contributed by atoms with Crippen LogP contribution in [0.1, 0.15) is 19.3 Å². The maximum Gasteiger partial charge on any atom is 0.320 e. The zero-order chi connectivity index (χ0) is 12.3. The van der Waals surface area contributed by atoms with Crippen LogP contribution in [0.3, 0.4) is 0 Å². The molecule has 1 atom stereocenters. The van der Waals surface area contributed by atoms with E-state index in [1.165, 1.54) is 0 Å². The minimum absolute atomic E-state index is 0.106. The van der Waals surface area contributed by atoms with E-state index in [9.17, 15) is 4.79 Å². The molecule has 0 spiro atoms. The number of aliphatic hydroxyl groups excluding tert-OH is 1. The van der Waals surface area contributed by atoms with Crippen molar-refractivity contribution in [3.63, 3.8) is 0 Å². The van der Waals surface area contributed by atoms with Gasteiger partial charge in [-0.2, -0.15) is 0 Å². The highest BCUT2D eigenvalue weighted by molar-refractivity contribution is 5.76. The van der Waals surface area contributed by atoms with E-state index in [1.54, 1.807) is 0 Å². The Morgan fingerprint density at radius 2 is 2.12 bits per heavy atom. The van der Waals surface area contributed by atoms with Gasteiger partial charge in [-0.25, -0.2) is 4.79 Å². The number of likely N-dealkylation sites (N-methyl/N-ethyl adjacent to an activating group) is 1. The molecule has 5 heteroatoms. The predicted octanol–water partition coefficient (Wildman–Crippen LogP) is 0.531. The summed E-state index contributed by atoms with van der Waals surface area (Å²) in [6.07, 6.45) is 2.77. The van der Waals surface area contributed by atoms with E-state index < -0.39 is 0 Å². The van der Waals surface area contributed by atoms with Crippen molar-refractivity contribution >= 4 is 6.03 Å². The fraction of sp³-hybridized carbons (Fsp3) is 0.917. The maximum atomic E-state index is 12.0. The van der Waals surface area contributed by atoms with Gasteiger partial charge >= 0.3 is 6.03 Å². The third-order valence-electron chi connectivity index (χ3n) is 3.87. The molecule has 98 valence electrons. The van der Waals surface area contributed by atoms with Crippen molar-refractivity contribution in [3.8, 4) is 0 Å². The Labute approximate surface area is 102 Å². The quantitative estimate of drug-likeness (QED) is 0.782. The highest BCUT2D eigenvalue weighted by Gasteiger charge is 2.39. The Morgan fingerprint density at radius 1 is 1.41 bits per heavy atom. The monoisotopic (exact) mass is 242 g/mol. The molecule has 2 rings (SSSR count). The third-order valence-corrected chi connectivity index (χ3v) is 3.87. The molecule has 2 heterocycles. The first-order chi connectivity index (χ1) is 8.24. The fourth-order valence-electron chi connectivity index (χ4n) is 2.81. The zero-order valence-electron chi connectivity index (χ0n) is 10.5. The average molecular weight is 242 g/mol. The van der Waals surface area contributed by atoms with Crippen molar-refractivity contribution < 1.29 is 14.6 Å². The van der Waals surface area contributed by atoms with Crippen molar-refractivity contribution in [3.05, 3.63) is 0 Å². The lowest BCUT2D eigenvalue weighted by atomic mass is 9.91. The van der Waals surface area contributed by atoms with Gasteiger partial charge in [-0.05, 0) is 25.2 Å². The molecule has 0 aromatic heterocycles. The van der Waals surface area contributed by atoms with Gasteiger partial charge in [0.1, 0.15) is 0 Å². The smallest absolute Gasteiger partial charge is 0.320 e. The lowest BCUT2D eigenvalue weighted by molar-refractivity contribution is 0.0452. The summed E-state index contributed by atoms with van der Waals surface area (Å²) in [5.41, 5.74) is 0. The van der Waals surface area contributed by atoms with Gasteiger partial charge in [-0.1, -0.05) is 0 Å². The minimum atomic E-state index is 0.106. The van der Waals surface area contributed by atoms with E-state index in [4.69, 9.17) is 9.84 Å². The molecule has 5 nitrogen and oxygen atoms in total. The Morgan fingerprint density at radius 3 is 2.76 bits per heavy atom. The number of carbonyl (C=O) groups excluding carboxylic acids is 1. The molecule has 0 bridgehead atoms. The van der Waals surface area contributed by atoms with Crippen molar-refractivity contribution in [2.75, 3.05) is 40.0 Å². The Hall–Kier alpha value is -0.810. The lowest BCUT2D eigenvalue weighted by Gasteiger charge is -2.30. The normalized spacial score (nSPS) is 26.9. The zero-order valence-corrected chi connectivity index (χ0v) is 10.5. The molecule has 1 N–H and O–H groups in total. The summed E-state index contributed by atoms with van der Waals surface area (Å²) >= 11 is 0. The summed E-state index contributed by atoms with van der Waals surface area (Å²) in [5, 5.41) is 8.83. The summed E-state index contributed by atoms with van der Waals surface area (Å²) < 4.78 is 5.36. The Balaban J connectivity index is 1.92. The van der Waals surface area contributed by atoms with Crippen LogP contribution in [0.25, 0.3) is 0 Å². The van der Waals surface area contributed by atoms with Gasteiger partial charge in [-0.3, -0.25) is 0 Å². The van der Waals surface area contributed by atoms with Gasteiger partial charge in [0.15, 0.2) is 0 Å². The predicted molar refractivity (Wildman–Crippen MR) is 63.8 cm³/mol. The van der Waals surface area contributed by atoms with Gasteiger partial charge in [-0.15, -0.1) is 0 Å². The van der Waals surface area contributed by atoms with Crippen LogP contribution in [-0.2, 0) is 4.74 Å². The van der Waals surface area contributed by atoms with Crippen LogP contribution < -0.4 is 0 Å². The first kappa shape index (κ1) is 12.6. The van der Waals surface area contributed by atoms with Crippen molar-refractivity contribution in [2.24, 2.45) is 5.92 Å². The molecular formula is C12H22N2O3. The van der Waals surface area contributed by atoms with Crippen LogP contribution in [0.5, 0.6) is 0 Å². The fourth-order valence-corrected chi connectivity index (χ4v) is 2.81.